The molecule has 0 saturated carbocycles. The van der Waals surface area contributed by atoms with Crippen molar-refractivity contribution < 1.29 is 0 Å². The van der Waals surface area contributed by atoms with Gasteiger partial charge in [0.2, 0.25) is 0 Å². The first kappa shape index (κ1) is 9.88. The van der Waals surface area contributed by atoms with Gasteiger partial charge in [-0.2, -0.15) is 5.26 Å². The van der Waals surface area contributed by atoms with Crippen LogP contribution in [-0.2, 0) is 6.42 Å². The number of hydrogen-bond donors (Lipinski definition) is 0. The molecule has 0 bridgehead atoms. The van der Waals surface area contributed by atoms with E-state index >= 15 is 0 Å². The van der Waals surface area contributed by atoms with Crippen molar-refractivity contribution in [1.29, 1.82) is 5.26 Å². The van der Waals surface area contributed by atoms with Crippen LogP contribution in [0.4, 0.5) is 0 Å². The smallest absolute Gasteiger partial charge is 0.123 e. The SMILES string of the molecule is Cc1ccccc1-c1ncc(CC#N)s1. The number of thiazole rings is 1. The molecule has 1 aromatic heterocycles. The standard InChI is InChI=1S/C12H10N2S/c1-9-4-2-3-5-11(9)12-14-8-10(15-12)6-7-13/h2-5,8H,6H2,1H3. The predicted octanol–water partition coefficient (Wildman–Crippen LogP) is 3.18. The minimum atomic E-state index is 0.448. The Balaban J connectivity index is 2.38. The molecule has 0 atom stereocenters. The monoisotopic (exact) mass is 214 g/mol. The first-order valence-corrected chi connectivity index (χ1v) is 5.50. The van der Waals surface area contributed by atoms with Gasteiger partial charge in [-0.05, 0) is 12.5 Å². The number of nitrogens with zero attached hydrogens (tertiary/aromatic N) is 2. The van der Waals surface area contributed by atoms with E-state index in [-0.39, 0.29) is 0 Å². The Hall–Kier alpha value is -1.66. The summed E-state index contributed by atoms with van der Waals surface area (Å²) in [7, 11) is 0. The molecule has 2 rings (SSSR count). The third-order valence-electron chi connectivity index (χ3n) is 2.18. The highest BCUT2D eigenvalue weighted by Crippen LogP contribution is 2.27. The van der Waals surface area contributed by atoms with Gasteiger partial charge in [0.1, 0.15) is 5.01 Å². The lowest BCUT2D eigenvalue weighted by atomic mass is 10.1. The highest BCUT2D eigenvalue weighted by molar-refractivity contribution is 7.15. The van der Waals surface area contributed by atoms with Gasteiger partial charge in [0.05, 0.1) is 12.5 Å². The molecule has 0 aliphatic rings. The van der Waals surface area contributed by atoms with Gasteiger partial charge in [-0.15, -0.1) is 11.3 Å². The summed E-state index contributed by atoms with van der Waals surface area (Å²) in [6.07, 6.45) is 2.24. The topological polar surface area (TPSA) is 36.7 Å². The zero-order valence-corrected chi connectivity index (χ0v) is 9.21. The van der Waals surface area contributed by atoms with E-state index in [2.05, 4.69) is 30.1 Å². The lowest BCUT2D eigenvalue weighted by Crippen LogP contribution is -1.79. The van der Waals surface area contributed by atoms with Gasteiger partial charge >= 0.3 is 0 Å². The van der Waals surface area contributed by atoms with Gasteiger partial charge in [0.25, 0.3) is 0 Å². The molecule has 2 aromatic rings. The molecule has 2 nitrogen and oxygen atoms in total. The van der Waals surface area contributed by atoms with Crippen molar-refractivity contribution in [3.63, 3.8) is 0 Å². The fourth-order valence-electron chi connectivity index (χ4n) is 1.40. The lowest BCUT2D eigenvalue weighted by Gasteiger charge is -1.99. The summed E-state index contributed by atoms with van der Waals surface area (Å²) in [6.45, 7) is 2.07. The molecule has 0 fully saturated rings. The molecule has 0 unspecified atom stereocenters. The minimum absolute atomic E-state index is 0.448. The van der Waals surface area contributed by atoms with Crippen LogP contribution in [0.2, 0.25) is 0 Å². The summed E-state index contributed by atoms with van der Waals surface area (Å²) in [5, 5.41) is 9.58. The van der Waals surface area contributed by atoms with E-state index < -0.39 is 0 Å². The van der Waals surface area contributed by atoms with Gasteiger partial charge in [-0.25, -0.2) is 4.98 Å². The van der Waals surface area contributed by atoms with Crippen LogP contribution in [0, 0.1) is 18.3 Å². The maximum absolute atomic E-state index is 8.58. The molecule has 0 aliphatic carbocycles. The van der Waals surface area contributed by atoms with Crippen LogP contribution in [0.15, 0.2) is 30.5 Å². The highest BCUT2D eigenvalue weighted by Gasteiger charge is 2.06. The molecule has 0 aliphatic heterocycles. The van der Waals surface area contributed by atoms with E-state index in [0.717, 1.165) is 15.4 Å². The summed E-state index contributed by atoms with van der Waals surface area (Å²) in [4.78, 5) is 5.36. The molecule has 1 heterocycles. The number of rotatable bonds is 2. The number of hydrogen-bond acceptors (Lipinski definition) is 3. The first-order chi connectivity index (χ1) is 7.31. The predicted molar refractivity (Wildman–Crippen MR) is 61.6 cm³/mol. The number of aromatic nitrogens is 1. The van der Waals surface area contributed by atoms with E-state index in [1.54, 1.807) is 17.5 Å². The van der Waals surface area contributed by atoms with Crippen LogP contribution in [0.3, 0.4) is 0 Å². The minimum Gasteiger partial charge on any atom is -0.244 e. The van der Waals surface area contributed by atoms with Crippen LogP contribution in [0.5, 0.6) is 0 Å². The number of nitriles is 1. The Bertz CT molecular complexity index is 508. The summed E-state index contributed by atoms with van der Waals surface area (Å²) in [6, 6.07) is 10.3. The second kappa shape index (κ2) is 4.24. The van der Waals surface area contributed by atoms with E-state index in [4.69, 9.17) is 5.26 Å². The molecule has 15 heavy (non-hydrogen) atoms. The Kier molecular flexibility index (Phi) is 2.79. The Morgan fingerprint density at radius 2 is 2.20 bits per heavy atom. The average Bonchev–Trinajstić information content (AvgIpc) is 2.68. The van der Waals surface area contributed by atoms with Crippen molar-refractivity contribution in [1.82, 2.24) is 4.98 Å². The molecule has 1 aromatic carbocycles. The van der Waals surface area contributed by atoms with E-state index in [1.807, 2.05) is 12.1 Å². The molecule has 74 valence electrons. The maximum Gasteiger partial charge on any atom is 0.123 e. The van der Waals surface area contributed by atoms with E-state index in [0.29, 0.717) is 6.42 Å². The van der Waals surface area contributed by atoms with Crippen molar-refractivity contribution in [2.24, 2.45) is 0 Å². The van der Waals surface area contributed by atoms with Gasteiger partial charge in [0.15, 0.2) is 0 Å². The Labute approximate surface area is 92.8 Å². The van der Waals surface area contributed by atoms with Gasteiger partial charge in [-0.1, -0.05) is 24.3 Å². The summed E-state index contributed by atoms with van der Waals surface area (Å²) >= 11 is 1.59. The molecule has 0 saturated heterocycles. The molecular weight excluding hydrogens is 204 g/mol. The number of aryl methyl sites for hydroxylation is 1. The Morgan fingerprint density at radius 3 is 2.93 bits per heavy atom. The van der Waals surface area contributed by atoms with Crippen LogP contribution in [0.25, 0.3) is 10.6 Å². The van der Waals surface area contributed by atoms with Crippen molar-refractivity contribution in [3.05, 3.63) is 40.9 Å². The largest absolute Gasteiger partial charge is 0.244 e. The van der Waals surface area contributed by atoms with Crippen molar-refractivity contribution in [2.75, 3.05) is 0 Å². The third-order valence-corrected chi connectivity index (χ3v) is 3.21. The fourth-order valence-corrected chi connectivity index (χ4v) is 2.34. The lowest BCUT2D eigenvalue weighted by molar-refractivity contribution is 1.28. The first-order valence-electron chi connectivity index (χ1n) is 4.69. The van der Waals surface area contributed by atoms with E-state index in [9.17, 15) is 0 Å². The number of benzene rings is 1. The van der Waals surface area contributed by atoms with Gasteiger partial charge in [0, 0.05) is 16.6 Å². The zero-order valence-electron chi connectivity index (χ0n) is 8.40. The second-order valence-electron chi connectivity index (χ2n) is 3.28. The molecule has 0 spiro atoms. The molecule has 0 amide bonds. The average molecular weight is 214 g/mol. The van der Waals surface area contributed by atoms with Gasteiger partial charge < -0.3 is 0 Å². The van der Waals surface area contributed by atoms with Crippen LogP contribution < -0.4 is 0 Å². The quantitative estimate of drug-likeness (QED) is 0.769. The van der Waals surface area contributed by atoms with E-state index in [1.165, 1.54) is 5.56 Å². The molecule has 0 N–H and O–H groups in total. The van der Waals surface area contributed by atoms with Crippen LogP contribution in [0.1, 0.15) is 10.4 Å². The van der Waals surface area contributed by atoms with Crippen LogP contribution >= 0.6 is 11.3 Å². The normalized spacial score (nSPS) is 9.87. The third kappa shape index (κ3) is 2.05. The molecule has 0 radical (unpaired) electrons. The zero-order chi connectivity index (χ0) is 10.7. The second-order valence-corrected chi connectivity index (χ2v) is 4.40. The Morgan fingerprint density at radius 1 is 1.40 bits per heavy atom. The maximum atomic E-state index is 8.58. The van der Waals surface area contributed by atoms with Gasteiger partial charge in [-0.3, -0.25) is 0 Å². The highest BCUT2D eigenvalue weighted by atomic mass is 32.1. The van der Waals surface area contributed by atoms with Crippen molar-refractivity contribution >= 4 is 11.3 Å². The van der Waals surface area contributed by atoms with Crippen LogP contribution in [-0.4, -0.2) is 4.98 Å². The summed E-state index contributed by atoms with van der Waals surface area (Å²) in [5.74, 6) is 0. The van der Waals surface area contributed by atoms with Crippen molar-refractivity contribution in [2.45, 2.75) is 13.3 Å². The summed E-state index contributed by atoms with van der Waals surface area (Å²) < 4.78 is 0. The van der Waals surface area contributed by atoms with Crippen molar-refractivity contribution in [3.8, 4) is 16.6 Å². The molecular formula is C12H10N2S. The fraction of sp³-hybridized carbons (Fsp3) is 0.167. The summed E-state index contributed by atoms with van der Waals surface area (Å²) in [5.41, 5.74) is 2.38. The molecule has 3 heteroatoms.